The molecule has 0 spiro atoms. The molecule has 0 fully saturated rings. The van der Waals surface area contributed by atoms with Crippen molar-refractivity contribution in [3.05, 3.63) is 129 Å². The van der Waals surface area contributed by atoms with Crippen molar-refractivity contribution in [1.82, 2.24) is 0 Å². The molecule has 14 heteroatoms. The predicted molar refractivity (Wildman–Crippen MR) is 159 cm³/mol. The summed E-state index contributed by atoms with van der Waals surface area (Å²) in [6, 6.07) is 25.4. The second kappa shape index (κ2) is 14.3. The number of rotatable bonds is 4. The fraction of sp³-hybridized carbons (Fsp3) is 0.138. The van der Waals surface area contributed by atoms with Gasteiger partial charge in [0.15, 0.2) is 0 Å². The predicted octanol–water partition coefficient (Wildman–Crippen LogP) is 5.35. The summed E-state index contributed by atoms with van der Waals surface area (Å²) in [5.41, 5.74) is 3.21. The number of para-hydroxylation sites is 1. The van der Waals surface area contributed by atoms with E-state index in [1.807, 2.05) is 26.0 Å². The minimum atomic E-state index is -4.02. The number of non-ortho nitro benzene ring substituents is 1. The number of ether oxygens (including phenoxy) is 1. The van der Waals surface area contributed by atoms with Crippen LogP contribution in [0.15, 0.2) is 107 Å². The van der Waals surface area contributed by atoms with Gasteiger partial charge >= 0.3 is 137 Å². The molecule has 0 unspecified atom stereocenters. The van der Waals surface area contributed by atoms with Gasteiger partial charge in [-0.1, -0.05) is 35.4 Å². The number of benzene rings is 4. The van der Waals surface area contributed by atoms with Gasteiger partial charge in [-0.2, -0.15) is 16.8 Å². The van der Waals surface area contributed by atoms with E-state index in [-0.39, 0.29) is 24.7 Å². The van der Waals surface area contributed by atoms with Gasteiger partial charge in [-0.3, -0.25) is 9.11 Å². The Kier molecular flexibility index (Phi) is 11.3. The molecule has 43 heavy (non-hydrogen) atoms. The van der Waals surface area contributed by atoms with Crippen LogP contribution in [-0.4, -0.2) is 62.4 Å². The number of hydrogen-bond acceptors (Lipinski definition) is 8. The average molecular weight is 817 g/mol. The van der Waals surface area contributed by atoms with Gasteiger partial charge in [0.2, 0.25) is 0 Å². The molecule has 2 N–H and O–H groups in total. The van der Waals surface area contributed by atoms with Gasteiger partial charge < -0.3 is 0 Å². The Hall–Kier alpha value is -3.51. The third kappa shape index (κ3) is 9.49. The van der Waals surface area contributed by atoms with E-state index >= 15 is 0 Å². The van der Waals surface area contributed by atoms with Crippen LogP contribution in [0, 0.1) is 24.0 Å². The number of carbonyl (C=O) groups excluding carboxylic acids is 1. The van der Waals surface area contributed by atoms with E-state index in [9.17, 15) is 31.7 Å². The van der Waals surface area contributed by atoms with Gasteiger partial charge in [-0.25, -0.2) is 0 Å². The number of nitro benzene ring substituents is 1. The van der Waals surface area contributed by atoms with Crippen LogP contribution in [0.3, 0.4) is 0 Å². The van der Waals surface area contributed by atoms with Crippen molar-refractivity contribution < 1.29 is 40.4 Å². The summed E-state index contributed by atoms with van der Waals surface area (Å²) in [6.45, 7) is 3.68. The van der Waals surface area contributed by atoms with E-state index in [0.717, 1.165) is 11.1 Å². The molecule has 1 heterocycles. The summed E-state index contributed by atoms with van der Waals surface area (Å²) in [5, 5.41) is 10.9. The Balaban J connectivity index is 0.000000195. The van der Waals surface area contributed by atoms with Crippen LogP contribution in [0.25, 0.3) is 0 Å². The number of nitrogens with zero attached hydrogens (tertiary/aromatic N) is 1. The van der Waals surface area contributed by atoms with Crippen LogP contribution in [-0.2, 0) is 20.2 Å². The van der Waals surface area contributed by atoms with Gasteiger partial charge in [0.05, 0.1) is 9.79 Å². The van der Waals surface area contributed by atoms with E-state index in [1.54, 1.807) is 48.5 Å². The topological polar surface area (TPSA) is 178 Å². The molecule has 0 saturated heterocycles. The quantitative estimate of drug-likeness (QED) is 0.118. The fourth-order valence-electron chi connectivity index (χ4n) is 3.81. The van der Waals surface area contributed by atoms with E-state index in [2.05, 4.69) is 0 Å². The first-order valence-electron chi connectivity index (χ1n) is 12.5. The molecule has 0 saturated carbocycles. The maximum absolute atomic E-state index is 12.4. The molecule has 0 amide bonds. The van der Waals surface area contributed by atoms with E-state index in [4.69, 9.17) is 13.8 Å². The van der Waals surface area contributed by atoms with Gasteiger partial charge in [0, 0.05) is 0 Å². The van der Waals surface area contributed by atoms with Crippen LogP contribution in [0.5, 0.6) is 5.75 Å². The summed E-state index contributed by atoms with van der Waals surface area (Å²) in [7, 11) is -8.04. The molecular weight excluding hydrogens is 791 g/mol. The van der Waals surface area contributed by atoms with Crippen molar-refractivity contribution in [3.63, 3.8) is 0 Å². The Labute approximate surface area is 264 Å². The zero-order valence-electron chi connectivity index (χ0n) is 22.9. The van der Waals surface area contributed by atoms with Crippen LogP contribution in [0.1, 0.15) is 33.2 Å². The van der Waals surface area contributed by atoms with E-state index in [1.165, 1.54) is 36.4 Å². The van der Waals surface area contributed by atoms with Crippen molar-refractivity contribution in [2.24, 2.45) is 0 Å². The Morgan fingerprint density at radius 2 is 1.26 bits per heavy atom. The number of ketones is 1. The van der Waals surface area contributed by atoms with Crippen molar-refractivity contribution in [3.8, 4) is 5.75 Å². The molecule has 2 atom stereocenters. The number of Topliss-reactive ketones (excluding diaryl/α,β-unsaturated/α-hetero) is 1. The first-order chi connectivity index (χ1) is 20.1. The summed E-state index contributed by atoms with van der Waals surface area (Å²) >= 11 is 0.389. The first-order valence-corrected chi connectivity index (χ1v) is 17.9. The van der Waals surface area contributed by atoms with E-state index < -0.39 is 31.3 Å². The SMILES string of the molecule is Cc1ccc(S(=O)(=O)O)cc1.Cc1ccc(S(=O)(=O)O)cc1.O=C1c2ccccc2O[C@@H](c2cccc([N+](=O)[O-])c2)[C@@H]1[Tl]. The maximum atomic E-state index is 12.4. The third-order valence-electron chi connectivity index (χ3n) is 6.08. The molecular formula is C29H26NO10S2Tl. The van der Waals surface area contributed by atoms with Crippen molar-refractivity contribution >= 4 is 57.5 Å². The third-order valence-corrected chi connectivity index (χ3v) is 10.4. The second-order valence-corrected chi connectivity index (χ2v) is 15.0. The van der Waals surface area contributed by atoms with Gasteiger partial charge in [-0.15, -0.1) is 0 Å². The van der Waals surface area contributed by atoms with Gasteiger partial charge in [0.25, 0.3) is 20.2 Å². The number of aryl methyl sites for hydroxylation is 2. The molecule has 1 aliphatic heterocycles. The molecule has 0 bridgehead atoms. The van der Waals surface area contributed by atoms with Crippen molar-refractivity contribution in [2.45, 2.75) is 33.2 Å². The number of nitro groups is 1. The minimum absolute atomic E-state index is 0.0135. The molecule has 0 aromatic heterocycles. The average Bonchev–Trinajstić information content (AvgIpc) is 2.95. The summed E-state index contributed by atoms with van der Waals surface area (Å²) < 4.78 is 64.8. The number of carbonyl (C=O) groups is 1. The van der Waals surface area contributed by atoms with E-state index in [0.29, 0.717) is 42.6 Å². The first kappa shape index (κ1) is 34.0. The molecule has 4 aromatic carbocycles. The zero-order valence-corrected chi connectivity index (χ0v) is 29.0. The van der Waals surface area contributed by atoms with Crippen LogP contribution in [0.4, 0.5) is 5.69 Å². The fourth-order valence-corrected chi connectivity index (χ4v) is 6.64. The summed E-state index contributed by atoms with van der Waals surface area (Å²) in [6.07, 6.45) is -0.433. The molecule has 4 aromatic rings. The Morgan fingerprint density at radius 1 is 0.767 bits per heavy atom. The van der Waals surface area contributed by atoms with Crippen LogP contribution < -0.4 is 4.74 Å². The molecule has 11 nitrogen and oxygen atoms in total. The second-order valence-electron chi connectivity index (χ2n) is 9.35. The molecule has 0 radical (unpaired) electrons. The van der Waals surface area contributed by atoms with Gasteiger partial charge in [-0.05, 0) is 38.1 Å². The van der Waals surface area contributed by atoms with Gasteiger partial charge in [0.1, 0.15) is 0 Å². The van der Waals surface area contributed by atoms with Crippen molar-refractivity contribution in [2.75, 3.05) is 0 Å². The Morgan fingerprint density at radius 3 is 1.72 bits per heavy atom. The molecule has 0 aliphatic carbocycles. The monoisotopic (exact) mass is 817 g/mol. The van der Waals surface area contributed by atoms with Crippen LogP contribution in [0.2, 0.25) is 3.48 Å². The zero-order chi connectivity index (χ0) is 31.9. The number of fused-ring (bicyclic) bond motifs is 1. The number of hydrogen-bond donors (Lipinski definition) is 2. The summed E-state index contributed by atoms with van der Waals surface area (Å²) in [4.78, 5) is 22.8. The van der Waals surface area contributed by atoms with Crippen molar-refractivity contribution in [1.29, 1.82) is 0 Å². The standard InChI is InChI=1S/C15H10NO4.2C7H8O3S.Tl/c17-13-9-15(20-14-7-2-1-6-12(13)14)10-4-3-5-11(8-10)16(18)19;2*1-6-2-4-7(5-3-6)11(8,9)10;/h1-9,15H;2*2-5H,1H3,(H,8,9,10);/t15-;;;/m1.../s1. The Bertz CT molecular complexity index is 1750. The molecule has 5 rings (SSSR count). The molecule has 222 valence electrons. The molecule has 1 aliphatic rings. The summed E-state index contributed by atoms with van der Waals surface area (Å²) in [5.74, 6) is 0.620. The normalized spacial score (nSPS) is 15.8. The van der Waals surface area contributed by atoms with Crippen LogP contribution >= 0.6 is 0 Å².